The van der Waals surface area contributed by atoms with E-state index in [1.807, 2.05) is 28.8 Å². The average molecular weight is 432 g/mol. The van der Waals surface area contributed by atoms with E-state index in [9.17, 15) is 9.90 Å². The molecule has 1 N–H and O–H groups in total. The lowest BCUT2D eigenvalue weighted by Crippen LogP contribution is -2.35. The number of rotatable bonds is 4. The van der Waals surface area contributed by atoms with Crippen molar-refractivity contribution < 1.29 is 9.90 Å². The number of amides is 1. The second-order valence-electron chi connectivity index (χ2n) is 10.5. The highest BCUT2D eigenvalue weighted by Gasteiger charge is 2.49. The number of aromatic nitrogens is 2. The van der Waals surface area contributed by atoms with Gasteiger partial charge in [-0.15, -0.1) is 10.2 Å². The van der Waals surface area contributed by atoms with Crippen molar-refractivity contribution in [3.8, 4) is 5.88 Å². The molecular formula is C25H29N5O2. The van der Waals surface area contributed by atoms with Crippen LogP contribution in [-0.2, 0) is 6.67 Å². The molecule has 1 saturated carbocycles. The molecule has 2 atom stereocenters. The molecule has 2 bridgehead atoms. The first-order chi connectivity index (χ1) is 15.2. The maximum atomic E-state index is 12.4. The van der Waals surface area contributed by atoms with E-state index in [-0.39, 0.29) is 5.88 Å². The molecule has 1 aliphatic carbocycles. The number of azo groups is 1. The maximum absolute atomic E-state index is 12.4. The standard InChI is InChI=1S/C25H29N5O2/c1-24(2)12-18-13-25(3,14-24)15-29(18)16-30-20-7-5-4-6-19(20)21(23(30)32)27-28-22(31)17-8-10-26-11-9-17/h4-11,18,32H,12-16H2,1-3H3. The number of carbonyl (C=O) groups is 1. The van der Waals surface area contributed by atoms with Gasteiger partial charge in [0.1, 0.15) is 0 Å². The molecule has 1 aliphatic heterocycles. The minimum atomic E-state index is -0.466. The number of hydrogen-bond acceptors (Lipinski definition) is 5. The number of benzene rings is 1. The lowest BCUT2D eigenvalue weighted by Gasteiger charge is -2.40. The predicted octanol–water partition coefficient (Wildman–Crippen LogP) is 5.52. The summed E-state index contributed by atoms with van der Waals surface area (Å²) in [6, 6.07) is 11.4. The minimum Gasteiger partial charge on any atom is -0.493 e. The van der Waals surface area contributed by atoms with Crippen molar-refractivity contribution in [3.63, 3.8) is 0 Å². The first kappa shape index (κ1) is 20.8. The highest BCUT2D eigenvalue weighted by atomic mass is 16.3. The van der Waals surface area contributed by atoms with Gasteiger partial charge >= 0.3 is 0 Å². The normalized spacial score (nSPS) is 25.0. The van der Waals surface area contributed by atoms with Gasteiger partial charge in [-0.2, -0.15) is 0 Å². The molecule has 2 fully saturated rings. The van der Waals surface area contributed by atoms with Crippen LogP contribution in [-0.4, -0.2) is 38.1 Å². The number of nitrogens with zero attached hydrogens (tertiary/aromatic N) is 5. The van der Waals surface area contributed by atoms with E-state index in [0.29, 0.717) is 34.8 Å². The summed E-state index contributed by atoms with van der Waals surface area (Å²) in [4.78, 5) is 18.8. The fraction of sp³-hybridized carbons (Fsp3) is 0.440. The molecule has 5 rings (SSSR count). The zero-order valence-corrected chi connectivity index (χ0v) is 18.8. The fourth-order valence-corrected chi connectivity index (χ4v) is 6.08. The molecule has 166 valence electrons. The van der Waals surface area contributed by atoms with Crippen LogP contribution in [0.1, 0.15) is 50.4 Å². The van der Waals surface area contributed by atoms with Crippen LogP contribution in [0.2, 0.25) is 0 Å². The summed E-state index contributed by atoms with van der Waals surface area (Å²) in [7, 11) is 0. The van der Waals surface area contributed by atoms with Gasteiger partial charge in [-0.1, -0.05) is 39.0 Å². The quantitative estimate of drug-likeness (QED) is 0.551. The van der Waals surface area contributed by atoms with Crippen molar-refractivity contribution in [2.24, 2.45) is 21.1 Å². The summed E-state index contributed by atoms with van der Waals surface area (Å²) < 4.78 is 1.90. The summed E-state index contributed by atoms with van der Waals surface area (Å²) in [5.74, 6) is -0.421. The van der Waals surface area contributed by atoms with Crippen LogP contribution in [0.5, 0.6) is 5.88 Å². The Labute approximate surface area is 187 Å². The van der Waals surface area contributed by atoms with Crippen LogP contribution >= 0.6 is 0 Å². The molecule has 7 nitrogen and oxygen atoms in total. The largest absolute Gasteiger partial charge is 0.493 e. The molecule has 3 heterocycles. The van der Waals surface area contributed by atoms with Crippen LogP contribution < -0.4 is 0 Å². The molecule has 1 saturated heterocycles. The Hall–Kier alpha value is -3.06. The number of carbonyl (C=O) groups excluding carboxylic acids is 1. The Morgan fingerprint density at radius 1 is 1.16 bits per heavy atom. The second kappa shape index (κ2) is 7.52. The number of para-hydroxylation sites is 1. The van der Waals surface area contributed by atoms with Gasteiger partial charge in [-0.05, 0) is 48.3 Å². The Kier molecular flexibility index (Phi) is 4.89. The van der Waals surface area contributed by atoms with Crippen molar-refractivity contribution in [2.75, 3.05) is 6.54 Å². The minimum absolute atomic E-state index is 0.0448. The Bertz CT molecular complexity index is 1200. The molecule has 1 amide bonds. The van der Waals surface area contributed by atoms with E-state index >= 15 is 0 Å². The summed E-state index contributed by atoms with van der Waals surface area (Å²) in [6.07, 6.45) is 6.67. The van der Waals surface area contributed by atoms with Crippen LogP contribution in [0, 0.1) is 10.8 Å². The first-order valence-electron chi connectivity index (χ1n) is 11.2. The van der Waals surface area contributed by atoms with Crippen molar-refractivity contribution >= 4 is 22.5 Å². The fourth-order valence-electron chi connectivity index (χ4n) is 6.08. The van der Waals surface area contributed by atoms with Crippen molar-refractivity contribution in [1.82, 2.24) is 14.5 Å². The number of fused-ring (bicyclic) bond motifs is 3. The molecule has 2 aliphatic rings. The third-order valence-corrected chi connectivity index (χ3v) is 6.93. The molecular weight excluding hydrogens is 402 g/mol. The van der Waals surface area contributed by atoms with E-state index in [1.54, 1.807) is 24.5 Å². The van der Waals surface area contributed by atoms with Crippen LogP contribution in [0.15, 0.2) is 59.0 Å². The lowest BCUT2D eigenvalue weighted by molar-refractivity contribution is 0.0995. The lowest BCUT2D eigenvalue weighted by atomic mass is 9.65. The summed E-state index contributed by atoms with van der Waals surface area (Å²) in [5.41, 5.74) is 2.27. The molecule has 32 heavy (non-hydrogen) atoms. The maximum Gasteiger partial charge on any atom is 0.295 e. The van der Waals surface area contributed by atoms with Crippen LogP contribution in [0.4, 0.5) is 5.69 Å². The van der Waals surface area contributed by atoms with E-state index in [1.165, 1.54) is 12.8 Å². The van der Waals surface area contributed by atoms with Gasteiger partial charge in [0, 0.05) is 35.9 Å². The van der Waals surface area contributed by atoms with Gasteiger partial charge in [-0.3, -0.25) is 19.2 Å². The van der Waals surface area contributed by atoms with Crippen molar-refractivity contribution in [3.05, 3.63) is 54.4 Å². The molecule has 1 aromatic carbocycles. The second-order valence-corrected chi connectivity index (χ2v) is 10.5. The molecule has 0 radical (unpaired) electrons. The highest BCUT2D eigenvalue weighted by molar-refractivity contribution is 5.97. The molecule has 2 aromatic heterocycles. The monoisotopic (exact) mass is 431 g/mol. The number of pyridine rings is 1. The van der Waals surface area contributed by atoms with Crippen LogP contribution in [0.25, 0.3) is 10.9 Å². The summed E-state index contributed by atoms with van der Waals surface area (Å²) in [5, 5.41) is 20.0. The third-order valence-electron chi connectivity index (χ3n) is 6.93. The van der Waals surface area contributed by atoms with Crippen LogP contribution in [0.3, 0.4) is 0 Å². The SMILES string of the molecule is CC1(C)CC2CC(C)(CN2Cn2c(O)c(N=NC(=O)c3ccncc3)c3ccccc32)C1. The smallest absolute Gasteiger partial charge is 0.295 e. The highest BCUT2D eigenvalue weighted by Crippen LogP contribution is 2.53. The summed E-state index contributed by atoms with van der Waals surface area (Å²) in [6.45, 7) is 8.73. The van der Waals surface area contributed by atoms with Crippen molar-refractivity contribution in [1.29, 1.82) is 0 Å². The molecule has 2 unspecified atom stereocenters. The van der Waals surface area contributed by atoms with Gasteiger partial charge in [0.2, 0.25) is 5.88 Å². The molecule has 7 heteroatoms. The van der Waals surface area contributed by atoms with E-state index in [4.69, 9.17) is 0 Å². The Balaban J connectivity index is 1.47. The third kappa shape index (κ3) is 3.71. The zero-order valence-electron chi connectivity index (χ0n) is 18.8. The summed E-state index contributed by atoms with van der Waals surface area (Å²) >= 11 is 0. The number of aromatic hydroxyl groups is 1. The Morgan fingerprint density at radius 2 is 1.91 bits per heavy atom. The van der Waals surface area contributed by atoms with E-state index in [2.05, 4.69) is 40.9 Å². The van der Waals surface area contributed by atoms with Gasteiger partial charge < -0.3 is 5.11 Å². The molecule has 0 spiro atoms. The van der Waals surface area contributed by atoms with E-state index < -0.39 is 5.91 Å². The molecule has 3 aromatic rings. The Morgan fingerprint density at radius 3 is 2.69 bits per heavy atom. The number of hydrogen-bond donors (Lipinski definition) is 1. The zero-order chi connectivity index (χ0) is 22.5. The topological polar surface area (TPSA) is 83.1 Å². The first-order valence-corrected chi connectivity index (χ1v) is 11.2. The van der Waals surface area contributed by atoms with Gasteiger partial charge in [-0.25, -0.2) is 0 Å². The number of likely N-dealkylation sites (tertiary alicyclic amines) is 1. The van der Waals surface area contributed by atoms with E-state index in [0.717, 1.165) is 23.9 Å². The predicted molar refractivity (Wildman–Crippen MR) is 123 cm³/mol. The van der Waals surface area contributed by atoms with Crippen molar-refractivity contribution in [2.45, 2.75) is 52.7 Å². The van der Waals surface area contributed by atoms with Gasteiger partial charge in [0.05, 0.1) is 12.2 Å². The average Bonchev–Trinajstić information content (AvgIpc) is 3.15. The van der Waals surface area contributed by atoms with Gasteiger partial charge in [0.25, 0.3) is 5.91 Å². The van der Waals surface area contributed by atoms with Gasteiger partial charge in [0.15, 0.2) is 5.69 Å².